The van der Waals surface area contributed by atoms with Gasteiger partial charge in [-0.3, -0.25) is 9.59 Å². The predicted octanol–water partition coefficient (Wildman–Crippen LogP) is 1.40. The van der Waals surface area contributed by atoms with Crippen LogP contribution in [0.1, 0.15) is 32.8 Å². The summed E-state index contributed by atoms with van der Waals surface area (Å²) in [7, 11) is 0. The van der Waals surface area contributed by atoms with Crippen molar-refractivity contribution in [3.63, 3.8) is 0 Å². The highest BCUT2D eigenvalue weighted by molar-refractivity contribution is 5.85. The highest BCUT2D eigenvalue weighted by Gasteiger charge is 2.27. The quantitative estimate of drug-likeness (QED) is 0.676. The fraction of sp³-hybridized carbons (Fsp3) is 0.529. The van der Waals surface area contributed by atoms with Gasteiger partial charge in [0.25, 0.3) is 0 Å². The Morgan fingerprint density at radius 3 is 2.61 bits per heavy atom. The smallest absolute Gasteiger partial charge is 0.239 e. The Kier molecular flexibility index (Phi) is 7.16. The maximum Gasteiger partial charge on any atom is 0.239 e. The number of hydrogen-bond donors (Lipinski definition) is 3. The van der Waals surface area contributed by atoms with Gasteiger partial charge in [0.05, 0.1) is 18.6 Å². The minimum Gasteiger partial charge on any atom is -0.388 e. The summed E-state index contributed by atoms with van der Waals surface area (Å²) in [5, 5.41) is 15.3. The van der Waals surface area contributed by atoms with Crippen molar-refractivity contribution in [3.05, 3.63) is 35.6 Å². The molecular formula is C17H25FN2O3. The molecule has 128 valence electrons. The molecule has 2 amide bonds. The average molecular weight is 324 g/mol. The van der Waals surface area contributed by atoms with Crippen LogP contribution in [0, 0.1) is 11.7 Å². The number of benzene rings is 1. The Balaban J connectivity index is 2.34. The number of nitrogens with one attached hydrogen (secondary N) is 2. The molecule has 0 heterocycles. The summed E-state index contributed by atoms with van der Waals surface area (Å²) in [4.78, 5) is 23.4. The maximum absolute atomic E-state index is 13.0. The van der Waals surface area contributed by atoms with Crippen LogP contribution < -0.4 is 10.6 Å². The van der Waals surface area contributed by atoms with Gasteiger partial charge in [-0.1, -0.05) is 32.4 Å². The van der Waals surface area contributed by atoms with Gasteiger partial charge in [0.1, 0.15) is 5.82 Å². The topological polar surface area (TPSA) is 78.4 Å². The number of halogens is 1. The lowest BCUT2D eigenvalue weighted by molar-refractivity contribution is -0.126. The molecule has 1 rings (SSSR count). The molecule has 1 aromatic carbocycles. The van der Waals surface area contributed by atoms with E-state index in [9.17, 15) is 19.1 Å². The molecule has 0 saturated heterocycles. The zero-order valence-electron chi connectivity index (χ0n) is 13.9. The van der Waals surface area contributed by atoms with Crippen molar-refractivity contribution in [1.29, 1.82) is 0 Å². The molecule has 2 atom stereocenters. The summed E-state index contributed by atoms with van der Waals surface area (Å²) in [6, 6.07) is 5.76. The van der Waals surface area contributed by atoms with E-state index < -0.39 is 11.4 Å². The average Bonchev–Trinajstić information content (AvgIpc) is 2.50. The van der Waals surface area contributed by atoms with Gasteiger partial charge in [0.2, 0.25) is 11.8 Å². The zero-order valence-corrected chi connectivity index (χ0v) is 13.9. The minimum atomic E-state index is -0.990. The first-order valence-electron chi connectivity index (χ1n) is 7.74. The second-order valence-electron chi connectivity index (χ2n) is 6.03. The van der Waals surface area contributed by atoms with Crippen LogP contribution in [0.25, 0.3) is 0 Å². The van der Waals surface area contributed by atoms with Crippen molar-refractivity contribution in [2.75, 3.05) is 13.1 Å². The van der Waals surface area contributed by atoms with E-state index in [0.29, 0.717) is 5.56 Å². The summed E-state index contributed by atoms with van der Waals surface area (Å²) in [5.41, 5.74) is -0.446. The van der Waals surface area contributed by atoms with E-state index in [0.717, 1.165) is 6.42 Å². The Morgan fingerprint density at radius 2 is 2.00 bits per heavy atom. The van der Waals surface area contributed by atoms with Gasteiger partial charge in [-0.25, -0.2) is 4.39 Å². The van der Waals surface area contributed by atoms with Gasteiger partial charge in [0.15, 0.2) is 0 Å². The second-order valence-corrected chi connectivity index (χ2v) is 6.03. The number of carbonyl (C=O) groups excluding carboxylic acids is 2. The van der Waals surface area contributed by atoms with E-state index in [1.54, 1.807) is 13.0 Å². The van der Waals surface area contributed by atoms with Crippen LogP contribution in [0.4, 0.5) is 4.39 Å². The minimum absolute atomic E-state index is 0.00955. The van der Waals surface area contributed by atoms with E-state index >= 15 is 0 Å². The van der Waals surface area contributed by atoms with Gasteiger partial charge in [-0.05, 0) is 30.5 Å². The molecule has 1 aromatic rings. The van der Waals surface area contributed by atoms with Gasteiger partial charge >= 0.3 is 0 Å². The normalized spacial score (nSPS) is 14.7. The van der Waals surface area contributed by atoms with E-state index in [1.807, 2.05) is 13.8 Å². The molecule has 5 nitrogen and oxygen atoms in total. The maximum atomic E-state index is 13.0. The molecule has 0 fully saturated rings. The number of aliphatic hydroxyl groups is 1. The molecule has 3 N–H and O–H groups in total. The summed E-state index contributed by atoms with van der Waals surface area (Å²) in [6.07, 6.45) is 0.808. The molecule has 23 heavy (non-hydrogen) atoms. The Labute approximate surface area is 136 Å². The standard InChI is InChI=1S/C17H25FN2O3/c1-4-12(2)17(3,23)11-20-16(22)10-19-15(21)9-13-6-5-7-14(18)8-13/h5-8,12,23H,4,9-11H2,1-3H3,(H,19,21)(H,20,22). The predicted molar refractivity (Wildman–Crippen MR) is 86.2 cm³/mol. The molecule has 0 saturated carbocycles. The van der Waals surface area contributed by atoms with Crippen molar-refractivity contribution in [2.45, 2.75) is 39.2 Å². The van der Waals surface area contributed by atoms with E-state index in [4.69, 9.17) is 0 Å². The fourth-order valence-corrected chi connectivity index (χ4v) is 2.03. The lowest BCUT2D eigenvalue weighted by Gasteiger charge is -2.29. The third kappa shape index (κ3) is 6.78. The fourth-order valence-electron chi connectivity index (χ4n) is 2.03. The lowest BCUT2D eigenvalue weighted by atomic mass is 9.89. The van der Waals surface area contributed by atoms with Crippen LogP contribution in [0.15, 0.2) is 24.3 Å². The summed E-state index contributed by atoms with van der Waals surface area (Å²) < 4.78 is 13.0. The summed E-state index contributed by atoms with van der Waals surface area (Å²) in [6.45, 7) is 5.50. The van der Waals surface area contributed by atoms with Crippen molar-refractivity contribution in [1.82, 2.24) is 10.6 Å². The van der Waals surface area contributed by atoms with Crippen molar-refractivity contribution in [3.8, 4) is 0 Å². The molecular weight excluding hydrogens is 299 g/mol. The molecule has 0 radical (unpaired) electrons. The molecule has 0 aromatic heterocycles. The lowest BCUT2D eigenvalue weighted by Crippen LogP contribution is -2.47. The third-order valence-corrected chi connectivity index (χ3v) is 4.02. The first-order valence-corrected chi connectivity index (χ1v) is 7.74. The van der Waals surface area contributed by atoms with Crippen LogP contribution in [0.5, 0.6) is 0 Å². The van der Waals surface area contributed by atoms with E-state index in [-0.39, 0.29) is 37.2 Å². The molecule has 0 bridgehead atoms. The number of carbonyl (C=O) groups is 2. The van der Waals surface area contributed by atoms with Crippen LogP contribution in [-0.2, 0) is 16.0 Å². The Morgan fingerprint density at radius 1 is 1.30 bits per heavy atom. The monoisotopic (exact) mass is 324 g/mol. The molecule has 2 unspecified atom stereocenters. The second kappa shape index (κ2) is 8.62. The zero-order chi connectivity index (χ0) is 17.5. The van der Waals surface area contributed by atoms with Gasteiger partial charge < -0.3 is 15.7 Å². The number of amides is 2. The molecule has 6 heteroatoms. The third-order valence-electron chi connectivity index (χ3n) is 4.02. The number of hydrogen-bond acceptors (Lipinski definition) is 3. The van der Waals surface area contributed by atoms with Crippen molar-refractivity contribution < 1.29 is 19.1 Å². The number of rotatable bonds is 8. The van der Waals surface area contributed by atoms with Gasteiger partial charge in [-0.15, -0.1) is 0 Å². The van der Waals surface area contributed by atoms with Gasteiger partial charge in [-0.2, -0.15) is 0 Å². The molecule has 0 aliphatic heterocycles. The molecule has 0 aliphatic rings. The Hall–Kier alpha value is -1.95. The Bertz CT molecular complexity index is 546. The SMILES string of the molecule is CCC(C)C(C)(O)CNC(=O)CNC(=O)Cc1cccc(F)c1. The molecule has 0 spiro atoms. The van der Waals surface area contributed by atoms with Crippen LogP contribution in [-0.4, -0.2) is 35.6 Å². The first-order chi connectivity index (χ1) is 10.7. The summed E-state index contributed by atoms with van der Waals surface area (Å²) >= 11 is 0. The summed E-state index contributed by atoms with van der Waals surface area (Å²) in [5.74, 6) is -1.09. The van der Waals surface area contributed by atoms with Crippen molar-refractivity contribution in [2.24, 2.45) is 5.92 Å². The highest BCUT2D eigenvalue weighted by Crippen LogP contribution is 2.18. The van der Waals surface area contributed by atoms with E-state index in [2.05, 4.69) is 10.6 Å². The highest BCUT2D eigenvalue weighted by atomic mass is 19.1. The van der Waals surface area contributed by atoms with Crippen LogP contribution in [0.3, 0.4) is 0 Å². The first kappa shape index (κ1) is 19.1. The van der Waals surface area contributed by atoms with Crippen LogP contribution >= 0.6 is 0 Å². The van der Waals surface area contributed by atoms with Crippen molar-refractivity contribution >= 4 is 11.8 Å². The van der Waals surface area contributed by atoms with Gasteiger partial charge in [0, 0.05) is 6.54 Å². The van der Waals surface area contributed by atoms with E-state index in [1.165, 1.54) is 18.2 Å². The largest absolute Gasteiger partial charge is 0.388 e. The van der Waals surface area contributed by atoms with Crippen LogP contribution in [0.2, 0.25) is 0 Å². The molecule has 0 aliphatic carbocycles.